The second kappa shape index (κ2) is 4.39. The van der Waals surface area contributed by atoms with Crippen LogP contribution in [0.5, 0.6) is 0 Å². The first-order valence-electron chi connectivity index (χ1n) is 5.36. The average molecular weight is 218 g/mol. The number of carboxylic acid groups (broad SMARTS) is 1. The molecule has 2 rings (SSSR count). The van der Waals surface area contributed by atoms with E-state index in [0.29, 0.717) is 6.42 Å². The number of hydrogen-bond donors (Lipinski definition) is 1. The molecule has 16 heavy (non-hydrogen) atoms. The Bertz CT molecular complexity index is 511. The molecule has 0 saturated heterocycles. The lowest BCUT2D eigenvalue weighted by Gasteiger charge is -1.99. The molecule has 1 N–H and O–H groups in total. The van der Waals surface area contributed by atoms with Crippen molar-refractivity contribution in [3.8, 4) is 0 Å². The SMILES string of the molecule is Cc1cc2ccc(CCCC(=O)O)cc2o1. The number of carboxylic acids is 1. The molecule has 84 valence electrons. The standard InChI is InChI=1S/C13H14O3/c1-9-7-11-6-5-10(8-12(11)16-9)3-2-4-13(14)15/h5-8H,2-4H2,1H3,(H,14,15). The molecule has 3 heteroatoms. The summed E-state index contributed by atoms with van der Waals surface area (Å²) >= 11 is 0. The predicted octanol–water partition coefficient (Wildman–Crippen LogP) is 3.15. The van der Waals surface area contributed by atoms with E-state index in [1.165, 1.54) is 0 Å². The van der Waals surface area contributed by atoms with E-state index in [-0.39, 0.29) is 6.42 Å². The zero-order valence-corrected chi connectivity index (χ0v) is 9.19. The molecular formula is C13H14O3. The van der Waals surface area contributed by atoms with Crippen LogP contribution in [-0.4, -0.2) is 11.1 Å². The Morgan fingerprint density at radius 2 is 2.19 bits per heavy atom. The number of benzene rings is 1. The van der Waals surface area contributed by atoms with Crippen LogP contribution in [0, 0.1) is 6.92 Å². The summed E-state index contributed by atoms with van der Waals surface area (Å²) in [5, 5.41) is 9.64. The van der Waals surface area contributed by atoms with Crippen molar-refractivity contribution >= 4 is 16.9 Å². The maximum absolute atomic E-state index is 10.4. The Morgan fingerprint density at radius 1 is 1.38 bits per heavy atom. The first-order chi connectivity index (χ1) is 7.65. The van der Waals surface area contributed by atoms with Gasteiger partial charge in [-0.05, 0) is 37.5 Å². The minimum absolute atomic E-state index is 0.217. The van der Waals surface area contributed by atoms with Gasteiger partial charge in [-0.3, -0.25) is 4.79 Å². The zero-order valence-electron chi connectivity index (χ0n) is 9.19. The van der Waals surface area contributed by atoms with Crippen molar-refractivity contribution in [3.63, 3.8) is 0 Å². The number of hydrogen-bond acceptors (Lipinski definition) is 2. The summed E-state index contributed by atoms with van der Waals surface area (Å²) in [7, 11) is 0. The van der Waals surface area contributed by atoms with Crippen LogP contribution < -0.4 is 0 Å². The summed E-state index contributed by atoms with van der Waals surface area (Å²) in [6.07, 6.45) is 1.66. The lowest BCUT2D eigenvalue weighted by atomic mass is 10.1. The van der Waals surface area contributed by atoms with Crippen molar-refractivity contribution < 1.29 is 14.3 Å². The Labute approximate surface area is 93.7 Å². The minimum atomic E-state index is -0.741. The van der Waals surface area contributed by atoms with Crippen LogP contribution in [-0.2, 0) is 11.2 Å². The Balaban J connectivity index is 2.10. The van der Waals surface area contributed by atoms with Crippen LogP contribution in [0.15, 0.2) is 28.7 Å². The van der Waals surface area contributed by atoms with Gasteiger partial charge >= 0.3 is 5.97 Å². The van der Waals surface area contributed by atoms with Gasteiger partial charge in [-0.2, -0.15) is 0 Å². The van der Waals surface area contributed by atoms with Gasteiger partial charge in [-0.1, -0.05) is 12.1 Å². The minimum Gasteiger partial charge on any atom is -0.481 e. The summed E-state index contributed by atoms with van der Waals surface area (Å²) in [6.45, 7) is 1.92. The molecule has 0 saturated carbocycles. The Kier molecular flexibility index (Phi) is 2.95. The number of rotatable bonds is 4. The topological polar surface area (TPSA) is 50.4 Å². The summed E-state index contributed by atoms with van der Waals surface area (Å²) in [6, 6.07) is 8.03. The van der Waals surface area contributed by atoms with Crippen molar-refractivity contribution in [2.24, 2.45) is 0 Å². The fourth-order valence-electron chi connectivity index (χ4n) is 1.81. The molecule has 0 unspecified atom stereocenters. The summed E-state index contributed by atoms with van der Waals surface area (Å²) in [5.41, 5.74) is 2.01. The van der Waals surface area contributed by atoms with E-state index in [1.807, 2.05) is 31.2 Å². The first-order valence-corrected chi connectivity index (χ1v) is 5.36. The fraction of sp³-hybridized carbons (Fsp3) is 0.308. The van der Waals surface area contributed by atoms with Crippen molar-refractivity contribution in [1.82, 2.24) is 0 Å². The van der Waals surface area contributed by atoms with Gasteiger partial charge in [0, 0.05) is 11.8 Å². The molecule has 2 aromatic rings. The lowest BCUT2D eigenvalue weighted by molar-refractivity contribution is -0.137. The van der Waals surface area contributed by atoms with Gasteiger partial charge in [-0.15, -0.1) is 0 Å². The quantitative estimate of drug-likeness (QED) is 0.857. The highest BCUT2D eigenvalue weighted by Gasteiger charge is 2.03. The van der Waals surface area contributed by atoms with E-state index in [0.717, 1.165) is 28.7 Å². The fourth-order valence-corrected chi connectivity index (χ4v) is 1.81. The maximum Gasteiger partial charge on any atom is 0.303 e. The number of fused-ring (bicyclic) bond motifs is 1. The van der Waals surface area contributed by atoms with Crippen LogP contribution in [0.3, 0.4) is 0 Å². The van der Waals surface area contributed by atoms with Gasteiger partial charge in [0.1, 0.15) is 11.3 Å². The molecule has 1 heterocycles. The number of aliphatic carboxylic acids is 1. The molecule has 0 radical (unpaired) electrons. The van der Waals surface area contributed by atoms with Gasteiger partial charge in [0.25, 0.3) is 0 Å². The molecule has 0 fully saturated rings. The molecule has 3 nitrogen and oxygen atoms in total. The molecular weight excluding hydrogens is 204 g/mol. The molecule has 0 aliphatic heterocycles. The number of furan rings is 1. The molecule has 1 aromatic carbocycles. The predicted molar refractivity (Wildman–Crippen MR) is 61.5 cm³/mol. The molecule has 0 amide bonds. The van der Waals surface area contributed by atoms with Crippen LogP contribution in [0.2, 0.25) is 0 Å². The number of carbonyl (C=O) groups is 1. The second-order valence-electron chi connectivity index (χ2n) is 3.98. The van der Waals surface area contributed by atoms with Crippen molar-refractivity contribution in [1.29, 1.82) is 0 Å². The van der Waals surface area contributed by atoms with Gasteiger partial charge in [-0.25, -0.2) is 0 Å². The van der Waals surface area contributed by atoms with Crippen LogP contribution in [0.4, 0.5) is 0 Å². The van der Waals surface area contributed by atoms with E-state index < -0.39 is 5.97 Å². The van der Waals surface area contributed by atoms with E-state index in [2.05, 4.69) is 0 Å². The van der Waals surface area contributed by atoms with Gasteiger partial charge in [0.15, 0.2) is 0 Å². The molecule has 0 spiro atoms. The third-order valence-electron chi connectivity index (χ3n) is 2.56. The van der Waals surface area contributed by atoms with Crippen LogP contribution in [0.25, 0.3) is 11.0 Å². The third kappa shape index (κ3) is 2.42. The van der Waals surface area contributed by atoms with Gasteiger partial charge in [0.05, 0.1) is 0 Å². The first kappa shape index (κ1) is 10.7. The van der Waals surface area contributed by atoms with Crippen LogP contribution >= 0.6 is 0 Å². The highest BCUT2D eigenvalue weighted by molar-refractivity contribution is 5.78. The van der Waals surface area contributed by atoms with Crippen molar-refractivity contribution in [2.45, 2.75) is 26.2 Å². The summed E-state index contributed by atoms with van der Waals surface area (Å²) in [5.74, 6) is 0.160. The summed E-state index contributed by atoms with van der Waals surface area (Å²) < 4.78 is 5.52. The molecule has 1 aromatic heterocycles. The van der Waals surface area contributed by atoms with E-state index in [4.69, 9.17) is 9.52 Å². The van der Waals surface area contributed by atoms with Crippen LogP contribution in [0.1, 0.15) is 24.2 Å². The normalized spacial score (nSPS) is 10.8. The monoisotopic (exact) mass is 218 g/mol. The van der Waals surface area contributed by atoms with Crippen molar-refractivity contribution in [2.75, 3.05) is 0 Å². The van der Waals surface area contributed by atoms with E-state index >= 15 is 0 Å². The van der Waals surface area contributed by atoms with E-state index in [9.17, 15) is 4.79 Å². The van der Waals surface area contributed by atoms with E-state index in [1.54, 1.807) is 0 Å². The molecule has 0 aliphatic rings. The Hall–Kier alpha value is -1.77. The lowest BCUT2D eigenvalue weighted by Crippen LogP contribution is -1.95. The molecule has 0 bridgehead atoms. The molecule has 0 aliphatic carbocycles. The third-order valence-corrected chi connectivity index (χ3v) is 2.56. The zero-order chi connectivity index (χ0) is 11.5. The smallest absolute Gasteiger partial charge is 0.303 e. The highest BCUT2D eigenvalue weighted by Crippen LogP contribution is 2.20. The molecule has 0 atom stereocenters. The van der Waals surface area contributed by atoms with Gasteiger partial charge in [0.2, 0.25) is 0 Å². The Morgan fingerprint density at radius 3 is 2.94 bits per heavy atom. The second-order valence-corrected chi connectivity index (χ2v) is 3.98. The highest BCUT2D eigenvalue weighted by atomic mass is 16.4. The number of aryl methyl sites for hydroxylation is 2. The van der Waals surface area contributed by atoms with Gasteiger partial charge < -0.3 is 9.52 Å². The average Bonchev–Trinajstić information content (AvgIpc) is 2.56. The summed E-state index contributed by atoms with van der Waals surface area (Å²) in [4.78, 5) is 10.4. The maximum atomic E-state index is 10.4. The van der Waals surface area contributed by atoms with Crippen molar-refractivity contribution in [3.05, 3.63) is 35.6 Å². The largest absolute Gasteiger partial charge is 0.481 e.